The van der Waals surface area contributed by atoms with Gasteiger partial charge in [0.05, 0.1) is 11.3 Å². The van der Waals surface area contributed by atoms with Crippen LogP contribution in [0.25, 0.3) is 0 Å². The second-order valence-corrected chi connectivity index (χ2v) is 6.97. The molecule has 2 rings (SSSR count). The molecule has 0 saturated carbocycles. The van der Waals surface area contributed by atoms with Crippen molar-refractivity contribution in [1.82, 2.24) is 4.98 Å². The van der Waals surface area contributed by atoms with Crippen LogP contribution in [0.5, 0.6) is 0 Å². The van der Waals surface area contributed by atoms with E-state index in [1.165, 1.54) is 11.8 Å². The van der Waals surface area contributed by atoms with Gasteiger partial charge >= 0.3 is 0 Å². The molecule has 3 nitrogen and oxygen atoms in total. The average Bonchev–Trinajstić information content (AvgIpc) is 2.58. The maximum absolute atomic E-state index is 12.2. The second kappa shape index (κ2) is 8.85. The van der Waals surface area contributed by atoms with E-state index in [4.69, 9.17) is 0 Å². The minimum absolute atomic E-state index is 0.0344. The number of unbranched alkanes of at least 4 members (excludes halogenated alkanes) is 1. The van der Waals surface area contributed by atoms with E-state index >= 15 is 0 Å². The summed E-state index contributed by atoms with van der Waals surface area (Å²) in [6.45, 7) is 2.14. The number of Topliss-reactive ketones (excluding diaryl/α,β-unsaturated/α-hetero) is 1. The van der Waals surface area contributed by atoms with Crippen LogP contribution in [-0.2, 0) is 6.42 Å². The van der Waals surface area contributed by atoms with Gasteiger partial charge in [-0.05, 0) is 37.1 Å². The first-order valence-electron chi connectivity index (χ1n) is 7.45. The smallest absolute Gasteiger partial charge is 0.173 e. The van der Waals surface area contributed by atoms with Crippen molar-refractivity contribution in [2.24, 2.45) is 0 Å². The molecule has 118 valence electrons. The van der Waals surface area contributed by atoms with Gasteiger partial charge in [0.1, 0.15) is 11.1 Å². The molecular weight excluding hydrogens is 372 g/mol. The zero-order valence-electron chi connectivity index (χ0n) is 12.9. The third-order valence-corrected chi connectivity index (χ3v) is 4.85. The monoisotopic (exact) mass is 388 g/mol. The van der Waals surface area contributed by atoms with Crippen molar-refractivity contribution in [3.05, 3.63) is 57.7 Å². The highest BCUT2D eigenvalue weighted by molar-refractivity contribution is 9.10. The van der Waals surface area contributed by atoms with Gasteiger partial charge in [0.15, 0.2) is 5.78 Å². The number of aryl methyl sites for hydroxylation is 1. The van der Waals surface area contributed by atoms with Gasteiger partial charge in [0.25, 0.3) is 0 Å². The van der Waals surface area contributed by atoms with Gasteiger partial charge in [-0.25, -0.2) is 4.98 Å². The lowest BCUT2D eigenvalue weighted by Crippen LogP contribution is -2.03. The van der Waals surface area contributed by atoms with Gasteiger partial charge in [-0.3, -0.25) is 4.79 Å². The maximum Gasteiger partial charge on any atom is 0.173 e. The Balaban J connectivity index is 2.07. The Labute approximate surface area is 149 Å². The molecule has 0 spiro atoms. The van der Waals surface area contributed by atoms with Crippen LogP contribution in [0.15, 0.2) is 45.9 Å². The molecule has 23 heavy (non-hydrogen) atoms. The molecule has 2 aromatic rings. The van der Waals surface area contributed by atoms with Gasteiger partial charge in [-0.15, -0.1) is 0 Å². The van der Waals surface area contributed by atoms with Crippen molar-refractivity contribution in [3.8, 4) is 6.07 Å². The number of nitrogens with zero attached hydrogens (tertiary/aromatic N) is 2. The Bertz CT molecular complexity index is 723. The van der Waals surface area contributed by atoms with Gasteiger partial charge in [-0.2, -0.15) is 5.26 Å². The predicted octanol–water partition coefficient (Wildman–Crippen LogP) is 5.03. The van der Waals surface area contributed by atoms with Gasteiger partial charge in [0, 0.05) is 15.7 Å². The molecule has 0 aliphatic heterocycles. The number of thioether (sulfide) groups is 1. The van der Waals surface area contributed by atoms with E-state index in [1.807, 2.05) is 18.2 Å². The molecule has 0 N–H and O–H groups in total. The summed E-state index contributed by atoms with van der Waals surface area (Å²) in [5.74, 6) is 0.313. The molecule has 5 heteroatoms. The molecule has 1 aromatic carbocycles. The highest BCUT2D eigenvalue weighted by atomic mass is 79.9. The summed E-state index contributed by atoms with van der Waals surface area (Å²) in [4.78, 5) is 16.8. The Hall–Kier alpha value is -1.64. The molecule has 0 unspecified atom stereocenters. The number of carbonyl (C=O) groups excluding carboxylic acids is 1. The molecule has 0 bridgehead atoms. The summed E-state index contributed by atoms with van der Waals surface area (Å²) in [6.07, 6.45) is 3.07. The van der Waals surface area contributed by atoms with Gasteiger partial charge in [-0.1, -0.05) is 53.2 Å². The standard InChI is InChI=1S/C18H17BrN2OS/c1-2-3-4-16-10-7-14(11-20)18(21-16)23-12-17(22)13-5-8-15(19)9-6-13/h5-10H,2-4,12H2,1H3. The minimum Gasteiger partial charge on any atom is -0.293 e. The third kappa shape index (κ3) is 5.19. The molecule has 0 amide bonds. The number of nitriles is 1. The molecule has 0 radical (unpaired) electrons. The van der Waals surface area contributed by atoms with E-state index in [2.05, 4.69) is 33.9 Å². The zero-order chi connectivity index (χ0) is 16.7. The minimum atomic E-state index is 0.0344. The summed E-state index contributed by atoms with van der Waals surface area (Å²) in [6, 6.07) is 13.1. The van der Waals surface area contributed by atoms with Crippen LogP contribution >= 0.6 is 27.7 Å². The molecule has 1 heterocycles. The quantitative estimate of drug-likeness (QED) is 0.492. The largest absolute Gasteiger partial charge is 0.293 e. The van der Waals surface area contributed by atoms with E-state index in [0.29, 0.717) is 16.2 Å². The summed E-state index contributed by atoms with van der Waals surface area (Å²) < 4.78 is 0.943. The average molecular weight is 389 g/mol. The number of ketones is 1. The lowest BCUT2D eigenvalue weighted by Gasteiger charge is -2.06. The number of carbonyl (C=O) groups is 1. The normalized spacial score (nSPS) is 10.3. The molecule has 0 aliphatic carbocycles. The Morgan fingerprint density at radius 2 is 2.00 bits per heavy atom. The number of benzene rings is 1. The van der Waals surface area contributed by atoms with Gasteiger partial charge < -0.3 is 0 Å². The lowest BCUT2D eigenvalue weighted by molar-refractivity contribution is 0.102. The first kappa shape index (κ1) is 17.7. The van der Waals surface area contributed by atoms with Crippen molar-refractivity contribution >= 4 is 33.5 Å². The van der Waals surface area contributed by atoms with Crippen molar-refractivity contribution in [2.45, 2.75) is 31.2 Å². The Morgan fingerprint density at radius 1 is 1.26 bits per heavy atom. The number of pyridine rings is 1. The molecule has 0 saturated heterocycles. The molecule has 0 atom stereocenters. The first-order chi connectivity index (χ1) is 11.1. The fourth-order valence-corrected chi connectivity index (χ4v) is 3.17. The van der Waals surface area contributed by atoms with Crippen LogP contribution in [-0.4, -0.2) is 16.5 Å². The number of halogens is 1. The molecular formula is C18H17BrN2OS. The van der Waals surface area contributed by atoms with Crippen LogP contribution in [0, 0.1) is 11.3 Å². The summed E-state index contributed by atoms with van der Waals surface area (Å²) in [5.41, 5.74) is 2.17. The topological polar surface area (TPSA) is 53.8 Å². The highest BCUT2D eigenvalue weighted by Gasteiger charge is 2.11. The van der Waals surface area contributed by atoms with Gasteiger partial charge in [0.2, 0.25) is 0 Å². The highest BCUT2D eigenvalue weighted by Crippen LogP contribution is 2.22. The Morgan fingerprint density at radius 3 is 2.65 bits per heavy atom. The van der Waals surface area contributed by atoms with Crippen LogP contribution in [0.1, 0.15) is 41.4 Å². The van der Waals surface area contributed by atoms with E-state index in [-0.39, 0.29) is 11.5 Å². The molecule has 1 aromatic heterocycles. The van der Waals surface area contributed by atoms with Crippen LogP contribution < -0.4 is 0 Å². The number of hydrogen-bond acceptors (Lipinski definition) is 4. The molecule has 0 aliphatic rings. The fraction of sp³-hybridized carbons (Fsp3) is 0.278. The third-order valence-electron chi connectivity index (χ3n) is 3.33. The van der Waals surface area contributed by atoms with Crippen LogP contribution in [0.3, 0.4) is 0 Å². The first-order valence-corrected chi connectivity index (χ1v) is 9.23. The van der Waals surface area contributed by atoms with Crippen molar-refractivity contribution in [1.29, 1.82) is 5.26 Å². The zero-order valence-corrected chi connectivity index (χ0v) is 15.3. The second-order valence-electron chi connectivity index (χ2n) is 5.09. The van der Waals surface area contributed by atoms with Crippen molar-refractivity contribution < 1.29 is 4.79 Å². The SMILES string of the molecule is CCCCc1ccc(C#N)c(SCC(=O)c2ccc(Br)cc2)n1. The van der Waals surface area contributed by atoms with E-state index in [1.54, 1.807) is 18.2 Å². The number of aromatic nitrogens is 1. The number of rotatable bonds is 7. The lowest BCUT2D eigenvalue weighted by atomic mass is 10.1. The molecule has 0 fully saturated rings. The maximum atomic E-state index is 12.2. The van der Waals surface area contributed by atoms with E-state index < -0.39 is 0 Å². The van der Waals surface area contributed by atoms with Crippen LogP contribution in [0.2, 0.25) is 0 Å². The van der Waals surface area contributed by atoms with E-state index in [0.717, 1.165) is 29.4 Å². The van der Waals surface area contributed by atoms with Crippen LogP contribution in [0.4, 0.5) is 0 Å². The van der Waals surface area contributed by atoms with E-state index in [9.17, 15) is 10.1 Å². The summed E-state index contributed by atoms with van der Waals surface area (Å²) in [7, 11) is 0. The number of hydrogen-bond donors (Lipinski definition) is 0. The summed E-state index contributed by atoms with van der Waals surface area (Å²) >= 11 is 4.69. The van der Waals surface area contributed by atoms with Crippen molar-refractivity contribution in [2.75, 3.05) is 5.75 Å². The fourth-order valence-electron chi connectivity index (χ4n) is 2.02. The van der Waals surface area contributed by atoms with Crippen molar-refractivity contribution in [3.63, 3.8) is 0 Å². The summed E-state index contributed by atoms with van der Waals surface area (Å²) in [5, 5.41) is 9.85. The predicted molar refractivity (Wildman–Crippen MR) is 96.8 cm³/mol. The Kier molecular flexibility index (Phi) is 6.82.